The summed E-state index contributed by atoms with van der Waals surface area (Å²) in [5, 5.41) is 9.58. The van der Waals surface area contributed by atoms with Gasteiger partial charge in [0.2, 0.25) is 0 Å². The van der Waals surface area contributed by atoms with Gasteiger partial charge in [-0.2, -0.15) is 5.10 Å². The number of piperidine rings is 1. The quantitative estimate of drug-likeness (QED) is 0.824. The van der Waals surface area contributed by atoms with Gasteiger partial charge in [-0.1, -0.05) is 0 Å². The highest BCUT2D eigenvalue weighted by Gasteiger charge is 2.24. The third-order valence-corrected chi connectivity index (χ3v) is 3.20. The molecule has 2 N–H and O–H groups in total. The Hall–Kier alpha value is -2.05. The number of likely N-dealkylation sites (tertiary alicyclic amines) is 1. The summed E-state index contributed by atoms with van der Waals surface area (Å²) in [6.07, 6.45) is 1.14. The summed E-state index contributed by atoms with van der Waals surface area (Å²) in [5.74, 6) is -0.180. The van der Waals surface area contributed by atoms with E-state index in [4.69, 9.17) is 0 Å². The molecule has 0 spiro atoms. The highest BCUT2D eigenvalue weighted by molar-refractivity contribution is 5.92. The zero-order chi connectivity index (χ0) is 13.8. The molecule has 2 amide bonds. The van der Waals surface area contributed by atoms with E-state index in [1.807, 2.05) is 6.92 Å². The van der Waals surface area contributed by atoms with E-state index in [2.05, 4.69) is 20.3 Å². The number of hydrogen-bond acceptors (Lipinski definition) is 4. The summed E-state index contributed by atoms with van der Waals surface area (Å²) in [4.78, 5) is 24.9. The Morgan fingerprint density at radius 3 is 2.68 bits per heavy atom. The first-order valence-electron chi connectivity index (χ1n) is 6.26. The van der Waals surface area contributed by atoms with Crippen LogP contribution in [0.1, 0.15) is 29.0 Å². The molecule has 0 unspecified atom stereocenters. The number of nitrogens with zero attached hydrogens (tertiary/aromatic N) is 2. The topological polar surface area (TPSA) is 87.3 Å². The van der Waals surface area contributed by atoms with Crippen LogP contribution in [0.3, 0.4) is 0 Å². The number of aromatic nitrogens is 2. The molecule has 19 heavy (non-hydrogen) atoms. The molecule has 7 heteroatoms. The van der Waals surface area contributed by atoms with Crippen LogP contribution in [0, 0.1) is 6.92 Å². The number of hydrogen-bond donors (Lipinski definition) is 2. The van der Waals surface area contributed by atoms with Crippen LogP contribution in [-0.4, -0.2) is 53.3 Å². The minimum Gasteiger partial charge on any atom is -0.453 e. The maximum atomic E-state index is 11.9. The summed E-state index contributed by atoms with van der Waals surface area (Å²) in [7, 11) is 1.37. The molecule has 0 atom stereocenters. The van der Waals surface area contributed by atoms with E-state index < -0.39 is 0 Å². The molecule has 0 bridgehead atoms. The van der Waals surface area contributed by atoms with Gasteiger partial charge >= 0.3 is 6.09 Å². The second-order valence-corrected chi connectivity index (χ2v) is 4.64. The smallest absolute Gasteiger partial charge is 0.409 e. The van der Waals surface area contributed by atoms with Crippen molar-refractivity contribution in [3.63, 3.8) is 0 Å². The number of aromatic amines is 1. The number of H-pyrrole nitrogens is 1. The standard InChI is InChI=1S/C12H18N4O3/c1-8-7-10(15-14-8)11(17)13-9-3-5-16(6-4-9)12(18)19-2/h7,9H,3-6H2,1-2H3,(H,13,17)(H,14,15). The molecule has 1 fully saturated rings. The molecular formula is C12H18N4O3. The summed E-state index contributed by atoms with van der Waals surface area (Å²) in [5.41, 5.74) is 1.25. The van der Waals surface area contributed by atoms with E-state index >= 15 is 0 Å². The van der Waals surface area contributed by atoms with Gasteiger partial charge in [0.25, 0.3) is 5.91 Å². The van der Waals surface area contributed by atoms with Crippen molar-refractivity contribution in [1.29, 1.82) is 0 Å². The predicted octanol–water partition coefficient (Wildman–Crippen LogP) is 0.679. The average Bonchev–Trinajstić information content (AvgIpc) is 2.85. The van der Waals surface area contributed by atoms with E-state index in [9.17, 15) is 9.59 Å². The molecule has 7 nitrogen and oxygen atoms in total. The third kappa shape index (κ3) is 3.24. The van der Waals surface area contributed by atoms with Crippen LogP contribution in [0.2, 0.25) is 0 Å². The summed E-state index contributed by atoms with van der Waals surface area (Å²) in [6.45, 7) is 3.03. The van der Waals surface area contributed by atoms with Crippen molar-refractivity contribution in [2.24, 2.45) is 0 Å². The van der Waals surface area contributed by atoms with Gasteiger partial charge in [-0.05, 0) is 25.8 Å². The molecule has 1 aromatic rings. The summed E-state index contributed by atoms with van der Waals surface area (Å²) >= 11 is 0. The molecule has 0 aliphatic carbocycles. The lowest BCUT2D eigenvalue weighted by Gasteiger charge is -2.31. The Morgan fingerprint density at radius 2 is 2.16 bits per heavy atom. The largest absolute Gasteiger partial charge is 0.453 e. The first-order valence-corrected chi connectivity index (χ1v) is 6.26. The van der Waals surface area contributed by atoms with Gasteiger partial charge in [0, 0.05) is 24.8 Å². The number of aryl methyl sites for hydroxylation is 1. The first-order chi connectivity index (χ1) is 9.10. The number of ether oxygens (including phenoxy) is 1. The maximum absolute atomic E-state index is 11.9. The second-order valence-electron chi connectivity index (χ2n) is 4.64. The molecule has 0 saturated carbocycles. The lowest BCUT2D eigenvalue weighted by molar-refractivity contribution is 0.0887. The molecule has 104 valence electrons. The van der Waals surface area contributed by atoms with Crippen molar-refractivity contribution >= 4 is 12.0 Å². The van der Waals surface area contributed by atoms with Crippen LogP contribution in [0.15, 0.2) is 6.07 Å². The van der Waals surface area contributed by atoms with Crippen molar-refractivity contribution in [3.8, 4) is 0 Å². The van der Waals surface area contributed by atoms with Crippen LogP contribution < -0.4 is 5.32 Å². The number of nitrogens with one attached hydrogen (secondary N) is 2. The Morgan fingerprint density at radius 1 is 1.47 bits per heavy atom. The monoisotopic (exact) mass is 266 g/mol. The lowest BCUT2D eigenvalue weighted by Crippen LogP contribution is -2.46. The average molecular weight is 266 g/mol. The number of carbonyl (C=O) groups excluding carboxylic acids is 2. The number of amides is 2. The van der Waals surface area contributed by atoms with Crippen molar-refractivity contribution in [3.05, 3.63) is 17.5 Å². The van der Waals surface area contributed by atoms with E-state index in [0.29, 0.717) is 18.8 Å². The molecule has 0 radical (unpaired) electrons. The van der Waals surface area contributed by atoms with Gasteiger partial charge in [-0.3, -0.25) is 9.89 Å². The molecule has 0 aromatic carbocycles. The molecule has 1 aliphatic heterocycles. The van der Waals surface area contributed by atoms with E-state index in [1.165, 1.54) is 7.11 Å². The van der Waals surface area contributed by atoms with Gasteiger partial charge in [0.15, 0.2) is 0 Å². The molecule has 2 rings (SSSR count). The van der Waals surface area contributed by atoms with Crippen molar-refractivity contribution < 1.29 is 14.3 Å². The second kappa shape index (κ2) is 5.73. The zero-order valence-electron chi connectivity index (χ0n) is 11.1. The Balaban J connectivity index is 1.82. The maximum Gasteiger partial charge on any atom is 0.409 e. The van der Waals surface area contributed by atoms with Gasteiger partial charge in [0.1, 0.15) is 5.69 Å². The van der Waals surface area contributed by atoms with E-state index in [0.717, 1.165) is 18.5 Å². The van der Waals surface area contributed by atoms with Crippen molar-refractivity contribution in [2.45, 2.75) is 25.8 Å². The Bertz CT molecular complexity index is 463. The van der Waals surface area contributed by atoms with Gasteiger partial charge in [0.05, 0.1) is 7.11 Å². The van der Waals surface area contributed by atoms with E-state index in [-0.39, 0.29) is 18.0 Å². The van der Waals surface area contributed by atoms with Gasteiger partial charge in [-0.25, -0.2) is 4.79 Å². The fourth-order valence-corrected chi connectivity index (χ4v) is 2.13. The SMILES string of the molecule is COC(=O)N1CCC(NC(=O)c2cc(C)[nH]n2)CC1. The normalized spacial score (nSPS) is 16.2. The molecule has 1 aliphatic rings. The molecule has 1 saturated heterocycles. The van der Waals surface area contributed by atoms with Gasteiger partial charge < -0.3 is 15.0 Å². The molecular weight excluding hydrogens is 248 g/mol. The van der Waals surface area contributed by atoms with Crippen molar-refractivity contribution in [2.75, 3.05) is 20.2 Å². The minimum atomic E-state index is -0.312. The number of rotatable bonds is 2. The van der Waals surface area contributed by atoms with Crippen LogP contribution in [0.5, 0.6) is 0 Å². The van der Waals surface area contributed by atoms with Gasteiger partial charge in [-0.15, -0.1) is 0 Å². The van der Waals surface area contributed by atoms with Crippen LogP contribution in [0.4, 0.5) is 4.79 Å². The van der Waals surface area contributed by atoms with Crippen molar-refractivity contribution in [1.82, 2.24) is 20.4 Å². The fourth-order valence-electron chi connectivity index (χ4n) is 2.13. The highest BCUT2D eigenvalue weighted by Crippen LogP contribution is 2.12. The number of methoxy groups -OCH3 is 1. The zero-order valence-corrected chi connectivity index (χ0v) is 11.1. The van der Waals surface area contributed by atoms with E-state index in [1.54, 1.807) is 11.0 Å². The lowest BCUT2D eigenvalue weighted by atomic mass is 10.1. The minimum absolute atomic E-state index is 0.0745. The molecule has 1 aromatic heterocycles. The Labute approximate surface area is 111 Å². The fraction of sp³-hybridized carbons (Fsp3) is 0.583. The summed E-state index contributed by atoms with van der Waals surface area (Å²) < 4.78 is 4.66. The Kier molecular flexibility index (Phi) is 4.03. The number of carbonyl (C=O) groups is 2. The summed E-state index contributed by atoms with van der Waals surface area (Å²) in [6, 6.07) is 1.78. The first kappa shape index (κ1) is 13.4. The molecule has 2 heterocycles. The predicted molar refractivity (Wildman–Crippen MR) is 67.8 cm³/mol. The third-order valence-electron chi connectivity index (χ3n) is 3.20. The van der Waals surface area contributed by atoms with Crippen LogP contribution in [-0.2, 0) is 4.74 Å². The highest BCUT2D eigenvalue weighted by atomic mass is 16.5. The van der Waals surface area contributed by atoms with Crippen LogP contribution >= 0.6 is 0 Å². The van der Waals surface area contributed by atoms with Crippen LogP contribution in [0.25, 0.3) is 0 Å².